The fraction of sp³-hybridized carbons (Fsp3) is 0.360. The Bertz CT molecular complexity index is 2420. The zero-order chi connectivity index (χ0) is 47.0. The van der Waals surface area contributed by atoms with E-state index in [1.807, 2.05) is 73.7 Å². The van der Waals surface area contributed by atoms with Gasteiger partial charge in [-0.05, 0) is 79.3 Å². The third-order valence-corrected chi connectivity index (χ3v) is 12.4. The third-order valence-electron chi connectivity index (χ3n) is 10.0. The number of nitrogens with one attached hydrogen (secondary N) is 4. The summed E-state index contributed by atoms with van der Waals surface area (Å²) in [6, 6.07) is 29.4. The first-order valence-electron chi connectivity index (χ1n) is 22.2. The number of aromatic amines is 2. The molecule has 2 fully saturated rings. The lowest BCUT2D eigenvalue weighted by atomic mass is 10.0. The fourth-order valence-electron chi connectivity index (χ4n) is 6.92. The molecule has 15 heteroatoms. The highest BCUT2D eigenvalue weighted by Gasteiger charge is 2.26. The normalized spacial score (nSPS) is 13.0. The van der Waals surface area contributed by atoms with Gasteiger partial charge in [0.25, 0.3) is 6.47 Å². The number of benzene rings is 3. The van der Waals surface area contributed by atoms with E-state index in [4.69, 9.17) is 4.79 Å². The van der Waals surface area contributed by atoms with Gasteiger partial charge in [0, 0.05) is 47.4 Å². The average molecular weight is 921 g/mol. The van der Waals surface area contributed by atoms with Crippen LogP contribution in [0.1, 0.15) is 78.3 Å². The van der Waals surface area contributed by atoms with E-state index < -0.39 is 0 Å². The molecule has 7 aromatic rings. The molecular formula is C50H64N8O5S2. The van der Waals surface area contributed by atoms with Crippen molar-refractivity contribution in [2.75, 3.05) is 46.9 Å². The summed E-state index contributed by atoms with van der Waals surface area (Å²) in [5, 5.41) is 5.60. The molecule has 0 radical (unpaired) electrons. The average Bonchev–Trinajstić information content (AvgIpc) is 4.20. The first kappa shape index (κ1) is 51.5. The lowest BCUT2D eigenvalue weighted by Gasteiger charge is -2.23. The number of nitrogens with zero attached hydrogens (tertiary/aromatic N) is 4. The first-order chi connectivity index (χ1) is 31.7. The lowest BCUT2D eigenvalue weighted by Crippen LogP contribution is -2.38. The maximum Gasteiger partial charge on any atom is 0.292 e. The molecule has 0 spiro atoms. The molecule has 2 aliphatic rings. The SMILES string of the molecule is CC.CC(=O)NCC(=O)N1CCCC1.CCC.CNC(C(=O)N1CCCC1)c1ccccc1.COC=O.c1ncc(-c2cc3sc(-c4ccc(-c5ccc6nc[nH]c6c5)cc4)cc3s2)[nH]1. The smallest absolute Gasteiger partial charge is 0.292 e. The minimum atomic E-state index is -0.195. The number of hydrogen-bond acceptors (Lipinski definition) is 10. The number of H-pyrrole nitrogens is 2. The van der Waals surface area contributed by atoms with Crippen molar-refractivity contribution >= 4 is 67.3 Å². The summed E-state index contributed by atoms with van der Waals surface area (Å²) in [5.74, 6) is 0.0800. The number of imidazole rings is 2. The zero-order valence-corrected chi connectivity index (χ0v) is 40.3. The predicted octanol–water partition coefficient (Wildman–Crippen LogP) is 10.1. The van der Waals surface area contributed by atoms with Crippen molar-refractivity contribution in [2.45, 2.75) is 72.8 Å². The summed E-state index contributed by atoms with van der Waals surface area (Å²) < 4.78 is 6.50. The van der Waals surface area contributed by atoms with E-state index in [-0.39, 0.29) is 30.3 Å². The first-order valence-corrected chi connectivity index (χ1v) is 23.9. The van der Waals surface area contributed by atoms with Gasteiger partial charge in [0.1, 0.15) is 6.04 Å². The molecule has 6 heterocycles. The number of likely N-dealkylation sites (N-methyl/N-ethyl adjacent to an activating group) is 1. The van der Waals surface area contributed by atoms with E-state index in [9.17, 15) is 14.4 Å². The Morgan fingerprint density at radius 2 is 1.35 bits per heavy atom. The van der Waals surface area contributed by atoms with Gasteiger partial charge < -0.3 is 35.1 Å². The molecule has 0 aliphatic carbocycles. The van der Waals surface area contributed by atoms with E-state index >= 15 is 0 Å². The Hall–Kier alpha value is -6.16. The highest BCUT2D eigenvalue weighted by molar-refractivity contribution is 7.31. The van der Waals surface area contributed by atoms with Gasteiger partial charge >= 0.3 is 0 Å². The molecular weight excluding hydrogens is 857 g/mol. The van der Waals surface area contributed by atoms with Crippen LogP contribution < -0.4 is 10.6 Å². The number of amides is 3. The monoisotopic (exact) mass is 920 g/mol. The molecule has 3 aromatic carbocycles. The number of ether oxygens (including phenoxy) is 1. The van der Waals surface area contributed by atoms with Gasteiger partial charge in [0.2, 0.25) is 17.7 Å². The van der Waals surface area contributed by atoms with Gasteiger partial charge in [-0.25, -0.2) is 9.97 Å². The molecule has 2 aliphatic heterocycles. The van der Waals surface area contributed by atoms with Gasteiger partial charge in [0.05, 0.1) is 54.1 Å². The number of rotatable bonds is 9. The third kappa shape index (κ3) is 15.5. The van der Waals surface area contributed by atoms with E-state index in [1.54, 1.807) is 28.9 Å². The Labute approximate surface area is 391 Å². The van der Waals surface area contributed by atoms with Crippen LogP contribution in [0.25, 0.3) is 52.6 Å². The van der Waals surface area contributed by atoms with Crippen molar-refractivity contribution in [1.82, 2.24) is 40.4 Å². The number of methoxy groups -OCH3 is 1. The molecule has 0 bridgehead atoms. The molecule has 9 rings (SSSR count). The molecule has 65 heavy (non-hydrogen) atoms. The fourth-order valence-corrected chi connectivity index (χ4v) is 9.29. The Morgan fingerprint density at radius 1 is 0.785 bits per heavy atom. The van der Waals surface area contributed by atoms with Crippen LogP contribution in [-0.4, -0.2) is 101 Å². The quantitative estimate of drug-likeness (QED) is 0.104. The van der Waals surface area contributed by atoms with Crippen LogP contribution >= 0.6 is 22.7 Å². The van der Waals surface area contributed by atoms with E-state index in [1.165, 1.54) is 56.3 Å². The van der Waals surface area contributed by atoms with Gasteiger partial charge in [-0.3, -0.25) is 19.2 Å². The Balaban J connectivity index is 0.000000213. The van der Waals surface area contributed by atoms with Crippen LogP contribution in [0.3, 0.4) is 0 Å². The second-order valence-corrected chi connectivity index (χ2v) is 17.0. The van der Waals surface area contributed by atoms with Crippen molar-refractivity contribution in [3.05, 3.63) is 109 Å². The van der Waals surface area contributed by atoms with Gasteiger partial charge in [-0.1, -0.05) is 94.8 Å². The standard InChI is InChI=1S/C22H14N4S2.C13H18N2O.C8H14N2O2.C3H8.C2H4O2.C2H6/c1-3-14(4-2-13(1)15-5-6-16-17(7-15)26-12-25-16)19-8-21-22(27-19)9-20(28-21)18-10-23-11-24-18;1-14-12(11-7-3-2-4-8-11)13(16)15-9-5-6-10-15;1-7(11)9-6-8(12)10-4-2-3-5-10;1-3-2;1-4-2-3;1-2/h1-12H,(H,23,24)(H,25,26);2-4,7-8,12,14H,5-6,9-10H2,1H3;2-6H2,1H3,(H,9,11);3H2,1-2H3;2H,1H3;1-2H3. The molecule has 4 aromatic heterocycles. The maximum atomic E-state index is 12.2. The summed E-state index contributed by atoms with van der Waals surface area (Å²) in [4.78, 5) is 64.0. The molecule has 2 saturated heterocycles. The largest absolute Gasteiger partial charge is 0.471 e. The molecule has 1 atom stereocenters. The molecule has 1 unspecified atom stereocenters. The molecule has 346 valence electrons. The molecule has 13 nitrogen and oxygen atoms in total. The van der Waals surface area contributed by atoms with Crippen LogP contribution in [0, 0.1) is 0 Å². The van der Waals surface area contributed by atoms with Crippen LogP contribution in [0.4, 0.5) is 0 Å². The van der Waals surface area contributed by atoms with Crippen molar-refractivity contribution in [2.24, 2.45) is 0 Å². The van der Waals surface area contributed by atoms with Crippen LogP contribution in [0.15, 0.2) is 104 Å². The zero-order valence-electron chi connectivity index (χ0n) is 38.7. The molecule has 3 amide bonds. The second-order valence-electron chi connectivity index (χ2n) is 14.8. The maximum absolute atomic E-state index is 12.2. The van der Waals surface area contributed by atoms with Crippen molar-refractivity contribution in [1.29, 1.82) is 0 Å². The van der Waals surface area contributed by atoms with Gasteiger partial charge in [-0.2, -0.15) is 0 Å². The molecule has 4 N–H and O–H groups in total. The molecule has 0 saturated carbocycles. The van der Waals surface area contributed by atoms with Crippen molar-refractivity contribution in [3.63, 3.8) is 0 Å². The number of thiophene rings is 2. The number of hydrogen-bond donors (Lipinski definition) is 4. The predicted molar refractivity (Wildman–Crippen MR) is 267 cm³/mol. The summed E-state index contributed by atoms with van der Waals surface area (Å²) in [5.41, 5.74) is 7.83. The second kappa shape index (κ2) is 27.9. The highest BCUT2D eigenvalue weighted by Crippen LogP contribution is 2.41. The number of aromatic nitrogens is 4. The van der Waals surface area contributed by atoms with E-state index in [0.29, 0.717) is 6.47 Å². The summed E-state index contributed by atoms with van der Waals surface area (Å²) in [6.45, 7) is 13.7. The Morgan fingerprint density at radius 3 is 1.92 bits per heavy atom. The van der Waals surface area contributed by atoms with E-state index in [2.05, 4.69) is 104 Å². The minimum Gasteiger partial charge on any atom is -0.471 e. The topological polar surface area (TPSA) is 165 Å². The van der Waals surface area contributed by atoms with E-state index in [0.717, 1.165) is 74.2 Å². The summed E-state index contributed by atoms with van der Waals surface area (Å²) in [7, 11) is 3.15. The highest BCUT2D eigenvalue weighted by atomic mass is 32.1. The van der Waals surface area contributed by atoms with Gasteiger partial charge in [-0.15, -0.1) is 22.7 Å². The Kier molecular flexibility index (Phi) is 22.1. The summed E-state index contributed by atoms with van der Waals surface area (Å²) in [6.07, 6.45) is 11.0. The summed E-state index contributed by atoms with van der Waals surface area (Å²) >= 11 is 3.64. The van der Waals surface area contributed by atoms with Gasteiger partial charge in [0.15, 0.2) is 0 Å². The van der Waals surface area contributed by atoms with Crippen LogP contribution in [0.5, 0.6) is 0 Å². The number of carbonyl (C=O) groups excluding carboxylic acids is 4. The number of likely N-dealkylation sites (tertiary alicyclic amines) is 2. The minimum absolute atomic E-state index is 0.0303. The van der Waals surface area contributed by atoms with Crippen LogP contribution in [-0.2, 0) is 23.9 Å². The number of fused-ring (bicyclic) bond motifs is 2. The van der Waals surface area contributed by atoms with Crippen molar-refractivity contribution in [3.8, 4) is 32.1 Å². The lowest BCUT2D eigenvalue weighted by molar-refractivity contribution is -0.132. The van der Waals surface area contributed by atoms with Crippen LogP contribution in [0.2, 0.25) is 0 Å². The number of carbonyl (C=O) groups is 4. The van der Waals surface area contributed by atoms with Crippen molar-refractivity contribution < 1.29 is 23.9 Å².